The molecule has 1 aromatic carbocycles. The standard InChI is InChI=1S/C15H19NO3/c1-12(15(18)19-2)16-14(17)11-7-6-10-13-8-4-3-5-9-13/h3-6,8-10,12H,7,11H2,1-2H3,(H,16,17)/b10-6-/t12-/m0/s1. The minimum absolute atomic E-state index is 0.157. The van der Waals surface area contributed by atoms with Crippen LogP contribution in [-0.4, -0.2) is 25.0 Å². The Labute approximate surface area is 113 Å². The summed E-state index contributed by atoms with van der Waals surface area (Å²) in [7, 11) is 1.30. The molecule has 0 bridgehead atoms. The maximum atomic E-state index is 11.5. The molecule has 0 aliphatic carbocycles. The Kier molecular flexibility index (Phi) is 6.36. The second-order valence-corrected chi connectivity index (χ2v) is 4.16. The average molecular weight is 261 g/mol. The largest absolute Gasteiger partial charge is 0.467 e. The van der Waals surface area contributed by atoms with Crippen molar-refractivity contribution in [3.8, 4) is 0 Å². The first-order valence-electron chi connectivity index (χ1n) is 6.22. The van der Waals surface area contributed by atoms with Gasteiger partial charge in [0.15, 0.2) is 0 Å². The van der Waals surface area contributed by atoms with Crippen LogP contribution in [0.25, 0.3) is 6.08 Å². The quantitative estimate of drug-likeness (QED) is 0.798. The number of hydrogen-bond acceptors (Lipinski definition) is 3. The number of esters is 1. The Morgan fingerprint density at radius 2 is 2.00 bits per heavy atom. The van der Waals surface area contributed by atoms with E-state index >= 15 is 0 Å². The molecule has 1 amide bonds. The maximum absolute atomic E-state index is 11.5. The van der Waals surface area contributed by atoms with Crippen LogP contribution in [0.4, 0.5) is 0 Å². The number of rotatable bonds is 6. The molecule has 1 N–H and O–H groups in total. The van der Waals surface area contributed by atoms with Crippen LogP contribution in [0.3, 0.4) is 0 Å². The van der Waals surface area contributed by atoms with Crippen molar-refractivity contribution in [3.05, 3.63) is 42.0 Å². The first kappa shape index (κ1) is 15.0. The Balaban J connectivity index is 2.28. The fourth-order valence-corrected chi connectivity index (χ4v) is 1.55. The van der Waals surface area contributed by atoms with Crippen LogP contribution in [0.1, 0.15) is 25.3 Å². The summed E-state index contributed by atoms with van der Waals surface area (Å²) in [4.78, 5) is 22.6. The molecular formula is C15H19NO3. The van der Waals surface area contributed by atoms with Gasteiger partial charge in [-0.25, -0.2) is 4.79 Å². The maximum Gasteiger partial charge on any atom is 0.328 e. The van der Waals surface area contributed by atoms with E-state index in [1.807, 2.05) is 42.5 Å². The van der Waals surface area contributed by atoms with Gasteiger partial charge >= 0.3 is 5.97 Å². The molecule has 102 valence electrons. The molecule has 0 fully saturated rings. The van der Waals surface area contributed by atoms with Crippen LogP contribution in [0.2, 0.25) is 0 Å². The normalized spacial score (nSPS) is 12.1. The number of carbonyl (C=O) groups is 2. The SMILES string of the molecule is COC(=O)[C@H](C)NC(=O)CC/C=C\c1ccccc1. The molecule has 0 spiro atoms. The smallest absolute Gasteiger partial charge is 0.328 e. The number of nitrogens with one attached hydrogen (secondary N) is 1. The van der Waals surface area contributed by atoms with Gasteiger partial charge in [-0.05, 0) is 18.9 Å². The zero-order valence-electron chi connectivity index (χ0n) is 11.3. The van der Waals surface area contributed by atoms with E-state index in [0.717, 1.165) is 5.56 Å². The third kappa shape index (κ3) is 5.86. The summed E-state index contributed by atoms with van der Waals surface area (Å²) in [5.41, 5.74) is 1.10. The highest BCUT2D eigenvalue weighted by atomic mass is 16.5. The molecule has 0 saturated carbocycles. The van der Waals surface area contributed by atoms with Gasteiger partial charge in [0.25, 0.3) is 0 Å². The van der Waals surface area contributed by atoms with Crippen LogP contribution < -0.4 is 5.32 Å². The molecule has 0 aliphatic rings. The lowest BCUT2D eigenvalue weighted by Crippen LogP contribution is -2.38. The van der Waals surface area contributed by atoms with Gasteiger partial charge in [0.2, 0.25) is 5.91 Å². The van der Waals surface area contributed by atoms with Gasteiger partial charge in [0.1, 0.15) is 6.04 Å². The van der Waals surface area contributed by atoms with Crippen LogP contribution in [0, 0.1) is 0 Å². The van der Waals surface area contributed by atoms with E-state index < -0.39 is 12.0 Å². The highest BCUT2D eigenvalue weighted by molar-refractivity contribution is 5.84. The molecule has 0 unspecified atom stereocenters. The molecule has 0 heterocycles. The first-order valence-corrected chi connectivity index (χ1v) is 6.22. The summed E-state index contributed by atoms with van der Waals surface area (Å²) >= 11 is 0. The lowest BCUT2D eigenvalue weighted by Gasteiger charge is -2.10. The van der Waals surface area contributed by atoms with Crippen molar-refractivity contribution in [1.29, 1.82) is 0 Å². The number of allylic oxidation sites excluding steroid dienone is 1. The summed E-state index contributed by atoms with van der Waals surface area (Å²) in [6, 6.07) is 9.27. The van der Waals surface area contributed by atoms with Gasteiger partial charge in [-0.3, -0.25) is 4.79 Å². The van der Waals surface area contributed by atoms with E-state index in [0.29, 0.717) is 12.8 Å². The van der Waals surface area contributed by atoms with Crippen molar-refractivity contribution in [3.63, 3.8) is 0 Å². The molecule has 1 rings (SSSR count). The number of ether oxygens (including phenoxy) is 1. The molecule has 1 aromatic rings. The minimum atomic E-state index is -0.601. The Bertz CT molecular complexity index is 440. The number of hydrogen-bond donors (Lipinski definition) is 1. The van der Waals surface area contributed by atoms with Gasteiger partial charge in [-0.2, -0.15) is 0 Å². The molecule has 1 atom stereocenters. The second kappa shape index (κ2) is 8.08. The van der Waals surface area contributed by atoms with E-state index in [1.165, 1.54) is 7.11 Å². The second-order valence-electron chi connectivity index (χ2n) is 4.16. The third-order valence-corrected chi connectivity index (χ3v) is 2.58. The van der Waals surface area contributed by atoms with Gasteiger partial charge in [0, 0.05) is 6.42 Å². The summed E-state index contributed by atoms with van der Waals surface area (Å²) in [6.07, 6.45) is 4.90. The van der Waals surface area contributed by atoms with E-state index in [1.54, 1.807) is 6.92 Å². The van der Waals surface area contributed by atoms with Crippen molar-refractivity contribution in [2.24, 2.45) is 0 Å². The Morgan fingerprint density at radius 3 is 2.63 bits per heavy atom. The molecule has 19 heavy (non-hydrogen) atoms. The topological polar surface area (TPSA) is 55.4 Å². The molecular weight excluding hydrogens is 242 g/mol. The van der Waals surface area contributed by atoms with Crippen molar-refractivity contribution >= 4 is 18.0 Å². The van der Waals surface area contributed by atoms with E-state index in [9.17, 15) is 9.59 Å². The summed E-state index contributed by atoms with van der Waals surface area (Å²) in [6.45, 7) is 1.60. The van der Waals surface area contributed by atoms with Crippen molar-refractivity contribution in [2.45, 2.75) is 25.8 Å². The van der Waals surface area contributed by atoms with Crippen LogP contribution >= 0.6 is 0 Å². The molecule has 0 aliphatic heterocycles. The number of carbonyl (C=O) groups excluding carboxylic acids is 2. The van der Waals surface area contributed by atoms with Gasteiger partial charge < -0.3 is 10.1 Å². The monoisotopic (exact) mass is 261 g/mol. The fourth-order valence-electron chi connectivity index (χ4n) is 1.55. The average Bonchev–Trinajstić information content (AvgIpc) is 2.43. The third-order valence-electron chi connectivity index (χ3n) is 2.58. The van der Waals surface area contributed by atoms with Crippen LogP contribution in [-0.2, 0) is 14.3 Å². The molecule has 0 radical (unpaired) electrons. The summed E-state index contributed by atoms with van der Waals surface area (Å²) in [5.74, 6) is -0.594. The number of amides is 1. The van der Waals surface area contributed by atoms with Crippen molar-refractivity contribution in [2.75, 3.05) is 7.11 Å². The summed E-state index contributed by atoms with van der Waals surface area (Å²) < 4.78 is 4.53. The molecule has 4 heteroatoms. The zero-order valence-corrected chi connectivity index (χ0v) is 11.3. The number of benzene rings is 1. The van der Waals surface area contributed by atoms with Gasteiger partial charge in [0.05, 0.1) is 7.11 Å². The van der Waals surface area contributed by atoms with E-state index in [4.69, 9.17) is 0 Å². The summed E-state index contributed by atoms with van der Waals surface area (Å²) in [5, 5.41) is 2.58. The van der Waals surface area contributed by atoms with Crippen molar-refractivity contribution < 1.29 is 14.3 Å². The lowest BCUT2D eigenvalue weighted by molar-refractivity contribution is -0.144. The van der Waals surface area contributed by atoms with Crippen LogP contribution in [0.5, 0.6) is 0 Å². The predicted molar refractivity (Wildman–Crippen MR) is 74.3 cm³/mol. The van der Waals surface area contributed by atoms with Gasteiger partial charge in [-0.15, -0.1) is 0 Å². The highest BCUT2D eigenvalue weighted by Gasteiger charge is 2.14. The molecule has 0 aromatic heterocycles. The van der Waals surface area contributed by atoms with E-state index in [-0.39, 0.29) is 5.91 Å². The van der Waals surface area contributed by atoms with Gasteiger partial charge in [-0.1, -0.05) is 42.5 Å². The Hall–Kier alpha value is -2.10. The fraction of sp³-hybridized carbons (Fsp3) is 0.333. The highest BCUT2D eigenvalue weighted by Crippen LogP contribution is 2.03. The minimum Gasteiger partial charge on any atom is -0.467 e. The predicted octanol–water partition coefficient (Wildman–Crippen LogP) is 2.16. The zero-order chi connectivity index (χ0) is 14.1. The molecule has 0 saturated heterocycles. The lowest BCUT2D eigenvalue weighted by atomic mass is 10.2. The Morgan fingerprint density at radius 1 is 1.32 bits per heavy atom. The van der Waals surface area contributed by atoms with Crippen molar-refractivity contribution in [1.82, 2.24) is 5.32 Å². The number of methoxy groups -OCH3 is 1. The van der Waals surface area contributed by atoms with E-state index in [2.05, 4.69) is 10.1 Å². The first-order chi connectivity index (χ1) is 9.13. The molecule has 4 nitrogen and oxygen atoms in total. The van der Waals surface area contributed by atoms with Crippen LogP contribution in [0.15, 0.2) is 36.4 Å².